The minimum atomic E-state index is 0.0466. The molecule has 0 aliphatic heterocycles. The molecule has 0 amide bonds. The van der Waals surface area contributed by atoms with E-state index in [0.29, 0.717) is 0 Å². The van der Waals surface area contributed by atoms with Crippen molar-refractivity contribution in [1.29, 1.82) is 0 Å². The molecular formula is C58H55N. The van der Waals surface area contributed by atoms with E-state index in [9.17, 15) is 0 Å². The van der Waals surface area contributed by atoms with Gasteiger partial charge in [0, 0.05) is 16.7 Å². The quantitative estimate of drug-likeness (QED) is 0.169. The van der Waals surface area contributed by atoms with E-state index in [1.165, 1.54) is 117 Å². The molecule has 0 unspecified atom stereocenters. The van der Waals surface area contributed by atoms with Gasteiger partial charge in [0.05, 0.1) is 11.4 Å². The minimum absolute atomic E-state index is 0.0466. The van der Waals surface area contributed by atoms with Crippen molar-refractivity contribution in [2.75, 3.05) is 4.90 Å². The van der Waals surface area contributed by atoms with Gasteiger partial charge in [0.1, 0.15) is 0 Å². The highest BCUT2D eigenvalue weighted by Gasteiger charge is 2.62. The molecule has 1 nitrogen and oxygen atoms in total. The van der Waals surface area contributed by atoms with Crippen LogP contribution in [0.25, 0.3) is 44.2 Å². The monoisotopic (exact) mass is 765 g/mol. The van der Waals surface area contributed by atoms with Crippen LogP contribution in [0.4, 0.5) is 17.1 Å². The summed E-state index contributed by atoms with van der Waals surface area (Å²) >= 11 is 0. The van der Waals surface area contributed by atoms with Crippen molar-refractivity contribution in [1.82, 2.24) is 0 Å². The molecule has 0 heterocycles. The van der Waals surface area contributed by atoms with E-state index in [2.05, 4.69) is 184 Å². The lowest BCUT2D eigenvalue weighted by Gasteiger charge is -2.61. The van der Waals surface area contributed by atoms with E-state index < -0.39 is 0 Å². The summed E-state index contributed by atoms with van der Waals surface area (Å²) < 4.78 is 0. The van der Waals surface area contributed by atoms with Gasteiger partial charge in [-0.1, -0.05) is 149 Å². The van der Waals surface area contributed by atoms with E-state index in [1.54, 1.807) is 11.1 Å². The molecule has 59 heavy (non-hydrogen) atoms. The lowest BCUT2D eigenvalue weighted by atomic mass is 9.43. The number of rotatable bonds is 5. The number of hydrogen-bond acceptors (Lipinski definition) is 1. The third-order valence-corrected chi connectivity index (χ3v) is 16.3. The smallest absolute Gasteiger partial charge is 0.0543 e. The van der Waals surface area contributed by atoms with Crippen LogP contribution in [-0.2, 0) is 16.2 Å². The predicted molar refractivity (Wildman–Crippen MR) is 248 cm³/mol. The summed E-state index contributed by atoms with van der Waals surface area (Å²) in [4.78, 5) is 2.68. The van der Waals surface area contributed by atoms with Crippen LogP contribution in [0, 0.1) is 23.7 Å². The number of fused-ring (bicyclic) bond motifs is 5. The van der Waals surface area contributed by atoms with Crippen LogP contribution in [0.2, 0.25) is 0 Å². The van der Waals surface area contributed by atoms with Gasteiger partial charge in [-0.3, -0.25) is 0 Å². The number of hydrogen-bond donors (Lipinski definition) is 0. The Morgan fingerprint density at radius 1 is 0.441 bits per heavy atom. The zero-order chi connectivity index (χ0) is 39.7. The maximum absolute atomic E-state index is 2.68. The Balaban J connectivity index is 1.01. The molecule has 0 N–H and O–H groups in total. The first-order valence-corrected chi connectivity index (χ1v) is 22.6. The maximum atomic E-state index is 2.68. The van der Waals surface area contributed by atoms with Crippen molar-refractivity contribution in [3.8, 4) is 33.4 Å². The van der Waals surface area contributed by atoms with Crippen LogP contribution in [-0.4, -0.2) is 0 Å². The molecule has 13 rings (SSSR count). The highest BCUT2D eigenvalue weighted by molar-refractivity contribution is 5.96. The summed E-state index contributed by atoms with van der Waals surface area (Å²) in [7, 11) is 0. The van der Waals surface area contributed by atoms with Crippen LogP contribution in [0.5, 0.6) is 0 Å². The van der Waals surface area contributed by atoms with Crippen molar-refractivity contribution >= 4 is 27.8 Å². The summed E-state index contributed by atoms with van der Waals surface area (Å²) in [6, 6.07) is 58.3. The highest BCUT2D eigenvalue weighted by atomic mass is 15.1. The second-order valence-corrected chi connectivity index (χ2v) is 20.4. The van der Waals surface area contributed by atoms with Gasteiger partial charge in [-0.15, -0.1) is 0 Å². The van der Waals surface area contributed by atoms with Crippen molar-refractivity contribution < 1.29 is 0 Å². The Labute approximate surface area is 351 Å². The molecule has 6 aliphatic carbocycles. The van der Waals surface area contributed by atoms with Crippen molar-refractivity contribution in [2.45, 2.75) is 88.9 Å². The zero-order valence-corrected chi connectivity index (χ0v) is 35.1. The molecular weight excluding hydrogens is 711 g/mol. The van der Waals surface area contributed by atoms with Crippen LogP contribution in [0.3, 0.4) is 0 Å². The second-order valence-electron chi connectivity index (χ2n) is 20.4. The fourth-order valence-electron chi connectivity index (χ4n) is 13.7. The van der Waals surface area contributed by atoms with Crippen LogP contribution >= 0.6 is 0 Å². The molecule has 1 heteroatoms. The number of anilines is 3. The summed E-state index contributed by atoms with van der Waals surface area (Å²) in [5, 5.41) is 2.56. The molecule has 0 aromatic heterocycles. The van der Waals surface area contributed by atoms with Gasteiger partial charge in [0.15, 0.2) is 0 Å². The van der Waals surface area contributed by atoms with Crippen LogP contribution in [0.1, 0.15) is 94.9 Å². The van der Waals surface area contributed by atoms with E-state index in [1.807, 2.05) is 0 Å². The summed E-state index contributed by atoms with van der Waals surface area (Å²) in [6.45, 7) is 9.90. The third-order valence-electron chi connectivity index (χ3n) is 16.3. The van der Waals surface area contributed by atoms with Crippen LogP contribution < -0.4 is 4.90 Å². The van der Waals surface area contributed by atoms with Gasteiger partial charge in [-0.05, 0) is 171 Å². The van der Waals surface area contributed by atoms with E-state index in [-0.39, 0.29) is 16.2 Å². The van der Waals surface area contributed by atoms with E-state index >= 15 is 0 Å². The Morgan fingerprint density at radius 2 is 0.983 bits per heavy atom. The first-order chi connectivity index (χ1) is 28.7. The average Bonchev–Trinajstić information content (AvgIpc) is 3.56. The standard InChI is InChI=1S/C58H55N/c1-56(2)29-30-57(3,4)55-51(56)16-10-18-53(55)59(47-27-25-41(26-28-47)40-19-21-42(22-20-40)44-24-23-39-11-5-6-12-43(39)36-44)52-17-9-15-50-54(52)48-13-7-8-14-49(48)58(50)45-32-37-31-38(34-45)35-46(58)33-37/h5-28,36-38,45-46H,29-35H2,1-4H3. The molecule has 292 valence electrons. The number of benzene rings is 7. The van der Waals surface area contributed by atoms with Gasteiger partial charge >= 0.3 is 0 Å². The normalized spacial score (nSPS) is 25.2. The SMILES string of the molecule is CC1(C)CCC(C)(C)c2c(N(c3ccc(-c4ccc(-c5ccc6ccccc6c5)cc4)cc3)c3cccc4c3-c3ccccc3C43C4CC5CC(C4)CC3C5)cccc21. The summed E-state index contributed by atoms with van der Waals surface area (Å²) in [5.74, 6) is 3.32. The first-order valence-electron chi connectivity index (χ1n) is 22.6. The summed E-state index contributed by atoms with van der Waals surface area (Å²) in [6.07, 6.45) is 9.44. The van der Waals surface area contributed by atoms with Crippen molar-refractivity contribution in [2.24, 2.45) is 23.7 Å². The second kappa shape index (κ2) is 12.8. The summed E-state index contributed by atoms with van der Waals surface area (Å²) in [5.41, 5.74) is 18.4. The molecule has 7 aromatic rings. The fourth-order valence-corrected chi connectivity index (χ4v) is 13.7. The van der Waals surface area contributed by atoms with E-state index in [4.69, 9.17) is 0 Å². The fraction of sp³-hybridized carbons (Fsp3) is 0.310. The molecule has 4 saturated carbocycles. The Morgan fingerprint density at radius 3 is 1.69 bits per heavy atom. The van der Waals surface area contributed by atoms with E-state index in [0.717, 1.165) is 23.7 Å². The molecule has 0 atom stereocenters. The Kier molecular flexibility index (Phi) is 7.71. The Hall–Kier alpha value is -5.40. The van der Waals surface area contributed by atoms with Gasteiger partial charge in [0.25, 0.3) is 0 Å². The van der Waals surface area contributed by atoms with Crippen LogP contribution in [0.15, 0.2) is 152 Å². The number of nitrogens with zero attached hydrogens (tertiary/aromatic N) is 1. The van der Waals surface area contributed by atoms with Crippen molar-refractivity contribution in [3.63, 3.8) is 0 Å². The third kappa shape index (κ3) is 5.22. The zero-order valence-electron chi connectivity index (χ0n) is 35.1. The largest absolute Gasteiger partial charge is 0.310 e. The van der Waals surface area contributed by atoms with Gasteiger partial charge in [-0.2, -0.15) is 0 Å². The predicted octanol–water partition coefficient (Wildman–Crippen LogP) is 15.7. The molecule has 7 aromatic carbocycles. The Bertz CT molecular complexity index is 2750. The lowest BCUT2D eigenvalue weighted by molar-refractivity contribution is -0.0399. The van der Waals surface area contributed by atoms with Gasteiger partial charge in [-0.25, -0.2) is 0 Å². The maximum Gasteiger partial charge on any atom is 0.0543 e. The highest BCUT2D eigenvalue weighted by Crippen LogP contribution is 2.70. The topological polar surface area (TPSA) is 3.24 Å². The molecule has 4 fully saturated rings. The molecule has 0 radical (unpaired) electrons. The van der Waals surface area contributed by atoms with Crippen molar-refractivity contribution in [3.05, 3.63) is 174 Å². The van der Waals surface area contributed by atoms with Gasteiger partial charge < -0.3 is 4.90 Å². The molecule has 6 aliphatic rings. The molecule has 0 saturated heterocycles. The molecule has 1 spiro atoms. The average molecular weight is 766 g/mol. The minimum Gasteiger partial charge on any atom is -0.310 e. The first kappa shape index (κ1) is 35.5. The van der Waals surface area contributed by atoms with Gasteiger partial charge in [0.2, 0.25) is 0 Å². The lowest BCUT2D eigenvalue weighted by Crippen LogP contribution is -2.55. The molecule has 4 bridgehead atoms.